The lowest BCUT2D eigenvalue weighted by atomic mass is 9.49. The van der Waals surface area contributed by atoms with E-state index in [1.54, 1.807) is 0 Å². The smallest absolute Gasteiger partial charge is 0.233 e. The number of carbonyl (C=O) groups excluding carboxylic acids is 2. The van der Waals surface area contributed by atoms with Crippen molar-refractivity contribution >= 4 is 23.2 Å². The van der Waals surface area contributed by atoms with Crippen molar-refractivity contribution in [2.75, 3.05) is 9.80 Å². The standard InChI is InChI=1S/C40H50N2O2/c43-37(39-21-27-15-28(22-39)17-29(16-27)23-39)41(33-7-3-1-4-8-33)35-11-13-36(14-12-35)42(34-9-5-2-6-10-34)38(44)40-24-30-18-31(25-40)20-32(19-30)26-40/h1-10,27-32,35-36H,11-26H2. The zero-order chi connectivity index (χ0) is 29.5. The summed E-state index contributed by atoms with van der Waals surface area (Å²) in [6.07, 6.45) is 18.7. The highest BCUT2D eigenvalue weighted by Crippen LogP contribution is 2.62. The fourth-order valence-corrected chi connectivity index (χ4v) is 13.0. The molecule has 0 aliphatic heterocycles. The van der Waals surface area contributed by atoms with Gasteiger partial charge in [0.1, 0.15) is 0 Å². The lowest BCUT2D eigenvalue weighted by molar-refractivity contribution is -0.145. The van der Waals surface area contributed by atoms with Crippen molar-refractivity contribution in [1.82, 2.24) is 0 Å². The van der Waals surface area contributed by atoms with Gasteiger partial charge in [0.05, 0.1) is 10.8 Å². The molecular weight excluding hydrogens is 540 g/mol. The van der Waals surface area contributed by atoms with Crippen LogP contribution >= 0.6 is 0 Å². The van der Waals surface area contributed by atoms with Crippen LogP contribution in [0.4, 0.5) is 11.4 Å². The summed E-state index contributed by atoms with van der Waals surface area (Å²) in [5.74, 6) is 5.40. The molecule has 0 aromatic heterocycles. The maximum absolute atomic E-state index is 14.9. The van der Waals surface area contributed by atoms with Gasteiger partial charge in [-0.25, -0.2) is 0 Å². The fourth-order valence-electron chi connectivity index (χ4n) is 13.0. The average Bonchev–Trinajstić information content (AvgIpc) is 3.02. The van der Waals surface area contributed by atoms with Crippen molar-refractivity contribution in [3.05, 3.63) is 60.7 Å². The first-order valence-electron chi connectivity index (χ1n) is 18.2. The highest BCUT2D eigenvalue weighted by Gasteiger charge is 2.58. The van der Waals surface area contributed by atoms with Gasteiger partial charge in [0.15, 0.2) is 0 Å². The number of carbonyl (C=O) groups is 2. The molecule has 8 bridgehead atoms. The molecule has 0 radical (unpaired) electrons. The first-order chi connectivity index (χ1) is 21.5. The Balaban J connectivity index is 0.989. The summed E-state index contributed by atoms with van der Waals surface area (Å²) >= 11 is 0. The monoisotopic (exact) mass is 590 g/mol. The van der Waals surface area contributed by atoms with Gasteiger partial charge in [-0.05, 0) is 163 Å². The van der Waals surface area contributed by atoms with E-state index >= 15 is 0 Å². The van der Waals surface area contributed by atoms with Crippen LogP contribution in [0.3, 0.4) is 0 Å². The molecule has 9 fully saturated rings. The predicted molar refractivity (Wildman–Crippen MR) is 175 cm³/mol. The van der Waals surface area contributed by atoms with Crippen LogP contribution in [-0.4, -0.2) is 23.9 Å². The Kier molecular flexibility index (Phi) is 6.58. The molecular formula is C40H50N2O2. The molecule has 2 amide bonds. The van der Waals surface area contributed by atoms with Crippen LogP contribution in [0.15, 0.2) is 60.7 Å². The van der Waals surface area contributed by atoms with Gasteiger partial charge < -0.3 is 9.80 Å². The third-order valence-electron chi connectivity index (χ3n) is 13.9. The number of hydrogen-bond donors (Lipinski definition) is 0. The van der Waals surface area contributed by atoms with E-state index in [1.807, 2.05) is 0 Å². The van der Waals surface area contributed by atoms with Crippen LogP contribution in [0.5, 0.6) is 0 Å². The first kappa shape index (κ1) is 27.7. The maximum atomic E-state index is 14.9. The summed E-state index contributed by atoms with van der Waals surface area (Å²) in [4.78, 5) is 34.3. The summed E-state index contributed by atoms with van der Waals surface area (Å²) in [7, 11) is 0. The lowest BCUT2D eigenvalue weighted by Crippen LogP contribution is -2.59. The Hall–Kier alpha value is -2.62. The second-order valence-electron chi connectivity index (χ2n) is 16.9. The van der Waals surface area contributed by atoms with Crippen LogP contribution in [0.1, 0.15) is 103 Å². The summed E-state index contributed by atoms with van der Waals surface area (Å²) in [6, 6.07) is 21.6. The summed E-state index contributed by atoms with van der Waals surface area (Å²) in [6.45, 7) is 0. The largest absolute Gasteiger partial charge is 0.309 e. The van der Waals surface area contributed by atoms with Crippen molar-refractivity contribution in [2.24, 2.45) is 46.3 Å². The number of anilines is 2. The van der Waals surface area contributed by atoms with Gasteiger partial charge in [-0.15, -0.1) is 0 Å². The molecule has 0 saturated heterocycles. The Morgan fingerprint density at radius 1 is 0.455 bits per heavy atom. The van der Waals surface area contributed by atoms with Gasteiger partial charge in [-0.2, -0.15) is 0 Å². The molecule has 2 aromatic rings. The van der Waals surface area contributed by atoms with Gasteiger partial charge in [0.2, 0.25) is 11.8 Å². The molecule has 0 unspecified atom stereocenters. The Morgan fingerprint density at radius 2 is 0.727 bits per heavy atom. The SMILES string of the molecule is O=C(N(c1ccccc1)C1CCC(N(C(=O)C23CC4CC(CC(C4)C2)C3)c2ccccc2)CC1)C12CC3CC(CC(C3)C1)C2. The Labute approximate surface area is 264 Å². The number of para-hydroxylation sites is 2. The minimum absolute atomic E-state index is 0.147. The molecule has 4 heteroatoms. The highest BCUT2D eigenvalue weighted by molar-refractivity contribution is 5.99. The zero-order valence-electron chi connectivity index (χ0n) is 26.4. The van der Waals surface area contributed by atoms with Crippen molar-refractivity contribution in [2.45, 2.75) is 115 Å². The van der Waals surface area contributed by atoms with E-state index in [-0.39, 0.29) is 22.9 Å². The number of nitrogens with zero attached hydrogens (tertiary/aromatic N) is 2. The molecule has 0 atom stereocenters. The normalized spacial score (nSPS) is 41.5. The summed E-state index contributed by atoms with van der Waals surface area (Å²) in [5.41, 5.74) is 1.88. The van der Waals surface area contributed by atoms with Gasteiger partial charge in [0, 0.05) is 23.5 Å². The number of rotatable bonds is 6. The van der Waals surface area contributed by atoms with E-state index in [0.29, 0.717) is 11.8 Å². The van der Waals surface area contributed by atoms with E-state index in [9.17, 15) is 9.59 Å². The molecule has 44 heavy (non-hydrogen) atoms. The fraction of sp³-hybridized carbons (Fsp3) is 0.650. The van der Waals surface area contributed by atoms with Crippen LogP contribution in [-0.2, 0) is 9.59 Å². The second-order valence-corrected chi connectivity index (χ2v) is 16.9. The lowest BCUT2D eigenvalue weighted by Gasteiger charge is -2.58. The third-order valence-corrected chi connectivity index (χ3v) is 13.9. The topological polar surface area (TPSA) is 40.6 Å². The van der Waals surface area contributed by atoms with Gasteiger partial charge in [-0.3, -0.25) is 9.59 Å². The minimum Gasteiger partial charge on any atom is -0.309 e. The number of benzene rings is 2. The van der Waals surface area contributed by atoms with E-state index in [1.165, 1.54) is 38.5 Å². The third kappa shape index (κ3) is 4.51. The molecule has 0 spiro atoms. The van der Waals surface area contributed by atoms with Crippen molar-refractivity contribution in [3.8, 4) is 0 Å². The average molecular weight is 591 g/mol. The quantitative estimate of drug-likeness (QED) is 0.337. The van der Waals surface area contributed by atoms with E-state index in [4.69, 9.17) is 0 Å². The molecule has 11 rings (SSSR count). The molecule has 2 aromatic carbocycles. The minimum atomic E-state index is -0.147. The Bertz CT molecular complexity index is 1210. The van der Waals surface area contributed by atoms with Crippen molar-refractivity contribution < 1.29 is 9.59 Å². The van der Waals surface area contributed by atoms with Crippen LogP contribution in [0.2, 0.25) is 0 Å². The Morgan fingerprint density at radius 3 is 1.00 bits per heavy atom. The summed E-state index contributed by atoms with van der Waals surface area (Å²) in [5, 5.41) is 0. The van der Waals surface area contributed by atoms with Gasteiger partial charge in [0.25, 0.3) is 0 Å². The van der Waals surface area contributed by atoms with E-state index in [2.05, 4.69) is 70.5 Å². The summed E-state index contributed by atoms with van der Waals surface area (Å²) < 4.78 is 0. The molecule has 9 aliphatic rings. The maximum Gasteiger partial charge on any atom is 0.233 e. The molecule has 9 aliphatic carbocycles. The molecule has 9 saturated carbocycles. The predicted octanol–water partition coefficient (Wildman–Crippen LogP) is 8.80. The van der Waals surface area contributed by atoms with Crippen LogP contribution in [0, 0.1) is 46.3 Å². The van der Waals surface area contributed by atoms with Gasteiger partial charge >= 0.3 is 0 Å². The first-order valence-corrected chi connectivity index (χ1v) is 18.2. The van der Waals surface area contributed by atoms with Crippen molar-refractivity contribution in [1.29, 1.82) is 0 Å². The van der Waals surface area contributed by atoms with Crippen molar-refractivity contribution in [3.63, 3.8) is 0 Å². The molecule has 0 heterocycles. The molecule has 4 nitrogen and oxygen atoms in total. The number of amides is 2. The highest BCUT2D eigenvalue weighted by atomic mass is 16.2. The van der Waals surface area contributed by atoms with Crippen LogP contribution < -0.4 is 9.80 Å². The van der Waals surface area contributed by atoms with Gasteiger partial charge in [-0.1, -0.05) is 36.4 Å². The zero-order valence-corrected chi connectivity index (χ0v) is 26.4. The van der Waals surface area contributed by atoms with Crippen LogP contribution in [0.25, 0.3) is 0 Å². The number of hydrogen-bond acceptors (Lipinski definition) is 2. The van der Waals surface area contributed by atoms with E-state index in [0.717, 1.165) is 111 Å². The molecule has 232 valence electrons. The second kappa shape index (κ2) is 10.5. The molecule has 0 N–H and O–H groups in total. The van der Waals surface area contributed by atoms with E-state index < -0.39 is 0 Å².